The van der Waals surface area contributed by atoms with Crippen LogP contribution < -0.4 is 0 Å². The van der Waals surface area contributed by atoms with Gasteiger partial charge >= 0.3 is 0 Å². The molecule has 0 saturated heterocycles. The molecular weight excluding hydrogens is 98.1 g/mol. The molecular formula is C7H8N. The SMILES string of the molecule is Cc1[c]ncc(C)c1. The van der Waals surface area contributed by atoms with Crippen molar-refractivity contribution in [3.63, 3.8) is 0 Å². The molecule has 1 nitrogen and oxygen atoms in total. The fourth-order valence-electron chi connectivity index (χ4n) is 0.647. The van der Waals surface area contributed by atoms with Gasteiger partial charge in [0.25, 0.3) is 0 Å². The summed E-state index contributed by atoms with van der Waals surface area (Å²) in [6.07, 6.45) is 4.62. The summed E-state index contributed by atoms with van der Waals surface area (Å²) in [5.41, 5.74) is 2.30. The molecule has 8 heavy (non-hydrogen) atoms. The quantitative estimate of drug-likeness (QED) is 0.488. The molecule has 0 amide bonds. The van der Waals surface area contributed by atoms with Crippen LogP contribution in [-0.4, -0.2) is 4.98 Å². The Balaban J connectivity index is 3.08. The predicted octanol–water partition coefficient (Wildman–Crippen LogP) is 1.50. The normalized spacial score (nSPS) is 9.25. The zero-order valence-electron chi connectivity index (χ0n) is 5.10. The first-order chi connectivity index (χ1) is 3.79. The standard InChI is InChI=1S/C7H8N/c1-6-3-7(2)5-8-4-6/h3-4H,1-2H3. The van der Waals surface area contributed by atoms with Crippen LogP contribution in [0.4, 0.5) is 0 Å². The van der Waals surface area contributed by atoms with Crippen molar-refractivity contribution in [1.29, 1.82) is 0 Å². The molecule has 0 aliphatic rings. The Kier molecular flexibility index (Phi) is 1.29. The van der Waals surface area contributed by atoms with Crippen molar-refractivity contribution in [2.75, 3.05) is 0 Å². The van der Waals surface area contributed by atoms with E-state index in [2.05, 4.69) is 11.2 Å². The Morgan fingerprint density at radius 3 is 2.62 bits per heavy atom. The molecule has 1 rings (SSSR count). The van der Waals surface area contributed by atoms with Gasteiger partial charge in [-0.25, -0.2) is 0 Å². The number of hydrogen-bond donors (Lipinski definition) is 0. The molecule has 0 atom stereocenters. The van der Waals surface area contributed by atoms with E-state index < -0.39 is 0 Å². The highest BCUT2D eigenvalue weighted by Gasteiger charge is 1.82. The van der Waals surface area contributed by atoms with E-state index in [9.17, 15) is 0 Å². The number of rotatable bonds is 0. The number of hydrogen-bond acceptors (Lipinski definition) is 1. The molecule has 1 heterocycles. The molecule has 0 aliphatic carbocycles. The third-order valence-corrected chi connectivity index (χ3v) is 0.953. The fourth-order valence-corrected chi connectivity index (χ4v) is 0.647. The lowest BCUT2D eigenvalue weighted by molar-refractivity contribution is 1.21. The van der Waals surface area contributed by atoms with Crippen molar-refractivity contribution in [3.8, 4) is 0 Å². The molecule has 1 heteroatoms. The van der Waals surface area contributed by atoms with E-state index in [1.54, 1.807) is 6.20 Å². The van der Waals surface area contributed by atoms with E-state index in [0.29, 0.717) is 0 Å². The number of aryl methyl sites for hydroxylation is 2. The maximum atomic E-state index is 3.86. The van der Waals surface area contributed by atoms with Crippen molar-refractivity contribution in [3.05, 3.63) is 29.6 Å². The van der Waals surface area contributed by atoms with E-state index in [4.69, 9.17) is 0 Å². The van der Waals surface area contributed by atoms with Crippen LogP contribution in [0.1, 0.15) is 11.1 Å². The Morgan fingerprint density at radius 1 is 1.50 bits per heavy atom. The predicted molar refractivity (Wildman–Crippen MR) is 32.5 cm³/mol. The molecule has 1 aromatic heterocycles. The second-order valence-corrected chi connectivity index (χ2v) is 1.94. The molecule has 0 saturated carbocycles. The molecule has 0 fully saturated rings. The third-order valence-electron chi connectivity index (χ3n) is 0.953. The lowest BCUT2D eigenvalue weighted by Gasteiger charge is -1.88. The summed E-state index contributed by atoms with van der Waals surface area (Å²) < 4.78 is 0. The minimum Gasteiger partial charge on any atom is -0.254 e. The van der Waals surface area contributed by atoms with Crippen molar-refractivity contribution in [1.82, 2.24) is 4.98 Å². The first kappa shape index (κ1) is 5.29. The van der Waals surface area contributed by atoms with Gasteiger partial charge in [-0.3, -0.25) is 4.98 Å². The Bertz CT molecular complexity index is 164. The van der Waals surface area contributed by atoms with Gasteiger partial charge < -0.3 is 0 Å². The Hall–Kier alpha value is -0.850. The smallest absolute Gasteiger partial charge is 0.0918 e. The molecule has 1 aromatic rings. The van der Waals surface area contributed by atoms with E-state index in [1.165, 1.54) is 5.56 Å². The minimum atomic E-state index is 1.10. The van der Waals surface area contributed by atoms with Crippen LogP contribution in [0.25, 0.3) is 0 Å². The molecule has 0 spiro atoms. The first-order valence-corrected chi connectivity index (χ1v) is 2.60. The van der Waals surface area contributed by atoms with Crippen LogP contribution in [0, 0.1) is 20.0 Å². The van der Waals surface area contributed by atoms with Crippen molar-refractivity contribution < 1.29 is 0 Å². The first-order valence-electron chi connectivity index (χ1n) is 2.60. The van der Waals surface area contributed by atoms with Crippen LogP contribution in [0.3, 0.4) is 0 Å². The van der Waals surface area contributed by atoms with Crippen LogP contribution in [-0.2, 0) is 0 Å². The fraction of sp³-hybridized carbons (Fsp3) is 0.286. The highest BCUT2D eigenvalue weighted by molar-refractivity contribution is 5.13. The van der Waals surface area contributed by atoms with Crippen molar-refractivity contribution in [2.24, 2.45) is 0 Å². The second kappa shape index (κ2) is 1.95. The van der Waals surface area contributed by atoms with Crippen LogP contribution in [0.15, 0.2) is 12.3 Å². The molecule has 0 N–H and O–H groups in total. The second-order valence-electron chi connectivity index (χ2n) is 1.94. The number of pyridine rings is 1. The van der Waals surface area contributed by atoms with Gasteiger partial charge in [-0.1, -0.05) is 6.07 Å². The summed E-state index contributed by atoms with van der Waals surface area (Å²) >= 11 is 0. The molecule has 41 valence electrons. The van der Waals surface area contributed by atoms with E-state index in [1.807, 2.05) is 19.9 Å². The third kappa shape index (κ3) is 1.06. The summed E-state index contributed by atoms with van der Waals surface area (Å²) in [5, 5.41) is 0. The molecule has 1 radical (unpaired) electrons. The minimum absolute atomic E-state index is 1.10. The van der Waals surface area contributed by atoms with E-state index >= 15 is 0 Å². The monoisotopic (exact) mass is 106 g/mol. The maximum Gasteiger partial charge on any atom is 0.0918 e. The van der Waals surface area contributed by atoms with Gasteiger partial charge in [-0.15, -0.1) is 0 Å². The summed E-state index contributed by atoms with van der Waals surface area (Å²) in [4.78, 5) is 3.86. The maximum absolute atomic E-state index is 3.86. The van der Waals surface area contributed by atoms with Gasteiger partial charge in [0.05, 0.1) is 6.20 Å². The number of nitrogens with zero attached hydrogens (tertiary/aromatic N) is 1. The highest BCUT2D eigenvalue weighted by atomic mass is 14.6. The van der Waals surface area contributed by atoms with Crippen LogP contribution in [0.5, 0.6) is 0 Å². The summed E-state index contributed by atoms with van der Waals surface area (Å²) in [6.45, 7) is 4.01. The molecule has 0 bridgehead atoms. The molecule has 0 aromatic carbocycles. The van der Waals surface area contributed by atoms with E-state index in [0.717, 1.165) is 5.56 Å². The average molecular weight is 106 g/mol. The van der Waals surface area contributed by atoms with Gasteiger partial charge in [0.1, 0.15) is 0 Å². The highest BCUT2D eigenvalue weighted by Crippen LogP contribution is 1.96. The Labute approximate surface area is 49.4 Å². The topological polar surface area (TPSA) is 12.9 Å². The lowest BCUT2D eigenvalue weighted by atomic mass is 10.2. The lowest BCUT2D eigenvalue weighted by Crippen LogP contribution is -1.77. The van der Waals surface area contributed by atoms with Crippen molar-refractivity contribution >= 4 is 0 Å². The largest absolute Gasteiger partial charge is 0.254 e. The zero-order valence-corrected chi connectivity index (χ0v) is 5.10. The van der Waals surface area contributed by atoms with E-state index in [-0.39, 0.29) is 0 Å². The Morgan fingerprint density at radius 2 is 2.25 bits per heavy atom. The zero-order chi connectivity index (χ0) is 5.98. The summed E-state index contributed by atoms with van der Waals surface area (Å²) in [7, 11) is 0. The van der Waals surface area contributed by atoms with Gasteiger partial charge in [-0.2, -0.15) is 0 Å². The molecule has 0 unspecified atom stereocenters. The number of aromatic nitrogens is 1. The van der Waals surface area contributed by atoms with Crippen LogP contribution in [0.2, 0.25) is 0 Å². The summed E-state index contributed by atoms with van der Waals surface area (Å²) in [6, 6.07) is 2.05. The average Bonchev–Trinajstić information content (AvgIpc) is 1.64. The van der Waals surface area contributed by atoms with Gasteiger partial charge in [0.2, 0.25) is 0 Å². The van der Waals surface area contributed by atoms with Gasteiger partial charge in [0, 0.05) is 6.20 Å². The van der Waals surface area contributed by atoms with Crippen LogP contribution >= 0.6 is 0 Å². The van der Waals surface area contributed by atoms with Crippen molar-refractivity contribution in [2.45, 2.75) is 13.8 Å². The molecule has 0 aliphatic heterocycles. The van der Waals surface area contributed by atoms with Gasteiger partial charge in [-0.05, 0) is 25.0 Å². The summed E-state index contributed by atoms with van der Waals surface area (Å²) in [5.74, 6) is 0. The van der Waals surface area contributed by atoms with Gasteiger partial charge in [0.15, 0.2) is 0 Å².